The Balaban J connectivity index is 0.000000146. The van der Waals surface area contributed by atoms with Crippen molar-refractivity contribution in [2.75, 3.05) is 43.2 Å². The molecule has 0 bridgehead atoms. The van der Waals surface area contributed by atoms with Gasteiger partial charge in [-0.2, -0.15) is 0 Å². The zero-order valence-corrected chi connectivity index (χ0v) is 15.9. The summed E-state index contributed by atoms with van der Waals surface area (Å²) < 4.78 is 5.28. The van der Waals surface area contributed by atoms with Gasteiger partial charge in [0.1, 0.15) is 0 Å². The second-order valence-corrected chi connectivity index (χ2v) is 7.46. The number of ether oxygens (including phenoxy) is 1. The molecule has 4 rings (SSSR count). The zero-order valence-electron chi connectivity index (χ0n) is 15.9. The summed E-state index contributed by atoms with van der Waals surface area (Å²) in [5, 5.41) is 0. The van der Waals surface area contributed by atoms with Crippen LogP contribution in [0.5, 0.6) is 0 Å². The van der Waals surface area contributed by atoms with Crippen LogP contribution >= 0.6 is 0 Å². The number of hydrogen-bond acceptors (Lipinski definition) is 3. The van der Waals surface area contributed by atoms with E-state index in [0.717, 1.165) is 26.3 Å². The molecule has 2 aliphatic rings. The summed E-state index contributed by atoms with van der Waals surface area (Å²) in [6.07, 6.45) is 0. The maximum absolute atomic E-state index is 5.28. The molecule has 0 N–H and O–H groups in total. The van der Waals surface area contributed by atoms with Crippen molar-refractivity contribution in [1.82, 2.24) is 0 Å². The van der Waals surface area contributed by atoms with Gasteiger partial charge in [0.25, 0.3) is 0 Å². The molecule has 0 saturated carbocycles. The topological polar surface area (TPSA) is 15.7 Å². The van der Waals surface area contributed by atoms with Crippen molar-refractivity contribution >= 4 is 11.4 Å². The highest BCUT2D eigenvalue weighted by molar-refractivity contribution is 5.63. The molecule has 1 fully saturated rings. The molecule has 0 radical (unpaired) electrons. The molecule has 3 heteroatoms. The van der Waals surface area contributed by atoms with Crippen LogP contribution in [0.25, 0.3) is 0 Å². The molecule has 1 unspecified atom stereocenters. The van der Waals surface area contributed by atoms with E-state index < -0.39 is 0 Å². The van der Waals surface area contributed by atoms with Crippen LogP contribution in [0.1, 0.15) is 26.3 Å². The fourth-order valence-corrected chi connectivity index (χ4v) is 3.70. The number of nitrogens with zero attached hydrogens (tertiary/aromatic N) is 2. The highest BCUT2D eigenvalue weighted by atomic mass is 16.5. The monoisotopic (exact) mass is 338 g/mol. The van der Waals surface area contributed by atoms with Crippen LogP contribution in [-0.2, 0) is 10.2 Å². The van der Waals surface area contributed by atoms with Gasteiger partial charge in [0.05, 0.1) is 13.2 Å². The molecular weight excluding hydrogens is 308 g/mol. The Kier molecular flexibility index (Phi) is 5.33. The molecule has 0 spiro atoms. The third kappa shape index (κ3) is 3.67. The standard InChI is InChI=1S/C12H17N.C10H13NO/c1-9-12(2,3)10-7-5-6-8-11(10)13(9)4;1-2-4-10(5-3-1)11-6-8-12-9-7-11/h5-9H,1-4H3;1-5H,6-9H2. The van der Waals surface area contributed by atoms with E-state index in [1.165, 1.54) is 16.9 Å². The number of anilines is 2. The Bertz CT molecular complexity index is 677. The molecule has 2 aromatic rings. The Morgan fingerprint density at radius 3 is 2.16 bits per heavy atom. The molecule has 1 atom stereocenters. The van der Waals surface area contributed by atoms with Gasteiger partial charge >= 0.3 is 0 Å². The quantitative estimate of drug-likeness (QED) is 0.770. The first-order valence-electron chi connectivity index (χ1n) is 9.22. The number of rotatable bonds is 1. The van der Waals surface area contributed by atoms with E-state index >= 15 is 0 Å². The lowest BCUT2D eigenvalue weighted by molar-refractivity contribution is 0.122. The van der Waals surface area contributed by atoms with Crippen LogP contribution in [0.15, 0.2) is 54.6 Å². The van der Waals surface area contributed by atoms with Crippen molar-refractivity contribution in [3.63, 3.8) is 0 Å². The molecule has 3 nitrogen and oxygen atoms in total. The van der Waals surface area contributed by atoms with Crippen LogP contribution in [0.4, 0.5) is 11.4 Å². The first-order valence-corrected chi connectivity index (χ1v) is 9.22. The molecule has 134 valence electrons. The van der Waals surface area contributed by atoms with E-state index in [4.69, 9.17) is 4.74 Å². The van der Waals surface area contributed by atoms with Crippen molar-refractivity contribution in [3.8, 4) is 0 Å². The van der Waals surface area contributed by atoms with Gasteiger partial charge < -0.3 is 14.5 Å². The SMILES string of the molecule is CC1N(C)c2ccccc2C1(C)C.c1ccc(N2CCOCC2)cc1. The lowest BCUT2D eigenvalue weighted by Gasteiger charge is -2.28. The fraction of sp³-hybridized carbons (Fsp3) is 0.455. The summed E-state index contributed by atoms with van der Waals surface area (Å²) in [4.78, 5) is 4.72. The molecular formula is C22H30N2O. The van der Waals surface area contributed by atoms with Crippen molar-refractivity contribution in [2.24, 2.45) is 0 Å². The van der Waals surface area contributed by atoms with Gasteiger partial charge in [-0.1, -0.05) is 50.2 Å². The predicted molar refractivity (Wildman–Crippen MR) is 107 cm³/mol. The van der Waals surface area contributed by atoms with Crippen molar-refractivity contribution < 1.29 is 4.74 Å². The lowest BCUT2D eigenvalue weighted by Crippen LogP contribution is -2.36. The third-order valence-corrected chi connectivity index (χ3v) is 5.74. The van der Waals surface area contributed by atoms with Gasteiger partial charge in [-0.25, -0.2) is 0 Å². The van der Waals surface area contributed by atoms with Crippen molar-refractivity contribution in [3.05, 3.63) is 60.2 Å². The maximum Gasteiger partial charge on any atom is 0.0642 e. The first-order chi connectivity index (χ1) is 12.0. The molecule has 0 aliphatic carbocycles. The minimum Gasteiger partial charge on any atom is -0.378 e. The molecule has 2 heterocycles. The number of hydrogen-bond donors (Lipinski definition) is 0. The molecule has 0 aromatic heterocycles. The Labute approximate surface area is 152 Å². The van der Waals surface area contributed by atoms with Crippen LogP contribution in [-0.4, -0.2) is 39.4 Å². The van der Waals surface area contributed by atoms with Gasteiger partial charge in [0.2, 0.25) is 0 Å². The summed E-state index contributed by atoms with van der Waals surface area (Å²) in [5.41, 5.74) is 4.46. The Hall–Kier alpha value is -2.00. The molecule has 2 aromatic carbocycles. The number of benzene rings is 2. The van der Waals surface area contributed by atoms with Gasteiger partial charge in [0.15, 0.2) is 0 Å². The summed E-state index contributed by atoms with van der Waals surface area (Å²) in [6.45, 7) is 10.7. The summed E-state index contributed by atoms with van der Waals surface area (Å²) in [5.74, 6) is 0. The van der Waals surface area contributed by atoms with Crippen LogP contribution in [0.3, 0.4) is 0 Å². The predicted octanol–water partition coefficient (Wildman–Crippen LogP) is 4.33. The molecule has 1 saturated heterocycles. The van der Waals surface area contributed by atoms with Crippen LogP contribution < -0.4 is 9.80 Å². The fourth-order valence-electron chi connectivity index (χ4n) is 3.70. The van der Waals surface area contributed by atoms with E-state index in [0.29, 0.717) is 6.04 Å². The van der Waals surface area contributed by atoms with E-state index in [1.54, 1.807) is 0 Å². The normalized spacial score (nSPS) is 21.4. The van der Waals surface area contributed by atoms with E-state index in [2.05, 4.69) is 86.1 Å². The second-order valence-electron chi connectivity index (χ2n) is 7.46. The second kappa shape index (κ2) is 7.49. The van der Waals surface area contributed by atoms with Crippen molar-refractivity contribution in [2.45, 2.75) is 32.2 Å². The largest absolute Gasteiger partial charge is 0.378 e. The van der Waals surface area contributed by atoms with Gasteiger partial charge in [-0.3, -0.25) is 0 Å². The molecule has 25 heavy (non-hydrogen) atoms. The number of fused-ring (bicyclic) bond motifs is 1. The van der Waals surface area contributed by atoms with Crippen LogP contribution in [0.2, 0.25) is 0 Å². The third-order valence-electron chi connectivity index (χ3n) is 5.74. The summed E-state index contributed by atoms with van der Waals surface area (Å²) in [6, 6.07) is 19.8. The van der Waals surface area contributed by atoms with Crippen LogP contribution in [0, 0.1) is 0 Å². The van der Waals surface area contributed by atoms with E-state index in [1.807, 2.05) is 6.07 Å². The lowest BCUT2D eigenvalue weighted by atomic mass is 9.81. The average Bonchev–Trinajstić information content (AvgIpc) is 2.85. The highest BCUT2D eigenvalue weighted by Crippen LogP contribution is 2.43. The number of para-hydroxylation sites is 2. The Morgan fingerprint density at radius 2 is 1.52 bits per heavy atom. The minimum absolute atomic E-state index is 0.283. The van der Waals surface area contributed by atoms with Gasteiger partial charge in [-0.05, 0) is 30.7 Å². The van der Waals surface area contributed by atoms with E-state index in [9.17, 15) is 0 Å². The average molecular weight is 338 g/mol. The minimum atomic E-state index is 0.283. The highest BCUT2D eigenvalue weighted by Gasteiger charge is 2.39. The van der Waals surface area contributed by atoms with Crippen molar-refractivity contribution in [1.29, 1.82) is 0 Å². The maximum atomic E-state index is 5.28. The molecule has 2 aliphatic heterocycles. The number of likely N-dealkylation sites (N-methyl/N-ethyl adjacent to an activating group) is 1. The van der Waals surface area contributed by atoms with Gasteiger partial charge in [0, 0.05) is 43.0 Å². The first kappa shape index (κ1) is 17.8. The summed E-state index contributed by atoms with van der Waals surface area (Å²) >= 11 is 0. The Morgan fingerprint density at radius 1 is 0.920 bits per heavy atom. The summed E-state index contributed by atoms with van der Waals surface area (Å²) in [7, 11) is 2.18. The van der Waals surface area contributed by atoms with Gasteiger partial charge in [-0.15, -0.1) is 0 Å². The smallest absolute Gasteiger partial charge is 0.0642 e. The number of morpholine rings is 1. The van der Waals surface area contributed by atoms with E-state index in [-0.39, 0.29) is 5.41 Å². The molecule has 0 amide bonds. The zero-order chi connectivity index (χ0) is 17.9.